The Kier molecular flexibility index (Phi) is 6.18. The van der Waals surface area contributed by atoms with Gasteiger partial charge in [0.1, 0.15) is 6.10 Å². The second kappa shape index (κ2) is 7.15. The lowest BCUT2D eigenvalue weighted by Gasteiger charge is -2.32. The minimum absolute atomic E-state index is 0.129. The Labute approximate surface area is 106 Å². The van der Waals surface area contributed by atoms with E-state index in [0.717, 1.165) is 32.1 Å². The van der Waals surface area contributed by atoms with Crippen LogP contribution in [-0.4, -0.2) is 17.0 Å². The molecule has 3 atom stereocenters. The first-order chi connectivity index (χ1) is 8.15. The van der Waals surface area contributed by atoms with Crippen molar-refractivity contribution in [2.75, 3.05) is 0 Å². The van der Waals surface area contributed by atoms with Gasteiger partial charge in [-0.15, -0.1) is 0 Å². The van der Waals surface area contributed by atoms with Gasteiger partial charge >= 0.3 is 0 Å². The van der Waals surface area contributed by atoms with Gasteiger partial charge in [-0.05, 0) is 24.7 Å². The van der Waals surface area contributed by atoms with E-state index >= 15 is 0 Å². The molecule has 0 spiro atoms. The molecule has 1 aliphatic carbocycles. The van der Waals surface area contributed by atoms with E-state index in [1.54, 1.807) is 0 Å². The van der Waals surface area contributed by atoms with Crippen molar-refractivity contribution >= 4 is 5.78 Å². The van der Waals surface area contributed by atoms with E-state index < -0.39 is 6.10 Å². The molecule has 1 rings (SSSR count). The molecule has 1 N–H and O–H groups in total. The Bertz CT molecular complexity index is 233. The van der Waals surface area contributed by atoms with Crippen LogP contribution in [0.5, 0.6) is 0 Å². The fourth-order valence-corrected chi connectivity index (χ4v) is 3.26. The summed E-state index contributed by atoms with van der Waals surface area (Å²) in [6.45, 7) is 6.28. The van der Waals surface area contributed by atoms with E-state index in [2.05, 4.69) is 20.8 Å². The zero-order chi connectivity index (χ0) is 12.8. The second-order valence-corrected chi connectivity index (χ2v) is 5.48. The van der Waals surface area contributed by atoms with Crippen molar-refractivity contribution < 1.29 is 9.90 Å². The summed E-state index contributed by atoms with van der Waals surface area (Å²) in [5.74, 6) is 0.928. The van der Waals surface area contributed by atoms with Crippen LogP contribution in [0.25, 0.3) is 0 Å². The molecule has 0 aromatic carbocycles. The van der Waals surface area contributed by atoms with E-state index in [1.807, 2.05) is 0 Å². The molecule has 1 aliphatic rings. The average Bonchev–Trinajstić information content (AvgIpc) is 2.39. The van der Waals surface area contributed by atoms with Crippen molar-refractivity contribution in [1.82, 2.24) is 0 Å². The summed E-state index contributed by atoms with van der Waals surface area (Å²) in [6.07, 6.45) is 6.72. The topological polar surface area (TPSA) is 37.3 Å². The molecule has 0 amide bonds. The SMILES string of the molecule is CCC(CC)C(O)C(=O)C1CCCCC1CC. The molecule has 0 bridgehead atoms. The van der Waals surface area contributed by atoms with Gasteiger partial charge in [-0.3, -0.25) is 4.79 Å². The highest BCUT2D eigenvalue weighted by Crippen LogP contribution is 2.34. The number of aliphatic hydroxyl groups excluding tert-OH is 1. The second-order valence-electron chi connectivity index (χ2n) is 5.48. The molecule has 0 aromatic heterocycles. The first-order valence-corrected chi connectivity index (χ1v) is 7.37. The maximum absolute atomic E-state index is 12.4. The van der Waals surface area contributed by atoms with Crippen molar-refractivity contribution in [3.8, 4) is 0 Å². The van der Waals surface area contributed by atoms with Crippen LogP contribution in [0.1, 0.15) is 65.7 Å². The largest absolute Gasteiger partial charge is 0.385 e. The molecule has 1 saturated carbocycles. The minimum atomic E-state index is -0.720. The van der Waals surface area contributed by atoms with Crippen molar-refractivity contribution in [2.45, 2.75) is 71.8 Å². The fraction of sp³-hybridized carbons (Fsp3) is 0.933. The van der Waals surface area contributed by atoms with Gasteiger partial charge in [-0.2, -0.15) is 0 Å². The molecular formula is C15H28O2. The van der Waals surface area contributed by atoms with Gasteiger partial charge in [-0.1, -0.05) is 52.9 Å². The Morgan fingerprint density at radius 2 is 1.76 bits per heavy atom. The van der Waals surface area contributed by atoms with E-state index in [4.69, 9.17) is 0 Å². The van der Waals surface area contributed by atoms with Crippen molar-refractivity contribution in [2.24, 2.45) is 17.8 Å². The van der Waals surface area contributed by atoms with Crippen LogP contribution < -0.4 is 0 Å². The Morgan fingerprint density at radius 3 is 2.29 bits per heavy atom. The van der Waals surface area contributed by atoms with Gasteiger partial charge in [0.05, 0.1) is 0 Å². The van der Waals surface area contributed by atoms with Gasteiger partial charge in [-0.25, -0.2) is 0 Å². The van der Waals surface area contributed by atoms with Crippen LogP contribution in [-0.2, 0) is 4.79 Å². The number of hydrogen-bond acceptors (Lipinski definition) is 2. The molecular weight excluding hydrogens is 212 g/mol. The molecule has 0 heterocycles. The van der Waals surface area contributed by atoms with E-state index in [0.29, 0.717) is 5.92 Å². The molecule has 0 saturated heterocycles. The standard InChI is InChI=1S/C15H28O2/c1-4-11(5-2)14(16)15(17)13-10-8-7-9-12(13)6-3/h11-14,16H,4-10H2,1-3H3. The molecule has 2 heteroatoms. The number of hydrogen-bond donors (Lipinski definition) is 1. The van der Waals surface area contributed by atoms with Crippen LogP contribution in [0.3, 0.4) is 0 Å². The third-order valence-electron chi connectivity index (χ3n) is 4.59. The number of Topliss-reactive ketones (excluding diaryl/α,β-unsaturated/α-hetero) is 1. The Morgan fingerprint density at radius 1 is 1.18 bits per heavy atom. The fourth-order valence-electron chi connectivity index (χ4n) is 3.26. The van der Waals surface area contributed by atoms with Gasteiger partial charge < -0.3 is 5.11 Å². The monoisotopic (exact) mass is 240 g/mol. The number of rotatable bonds is 6. The molecule has 17 heavy (non-hydrogen) atoms. The maximum Gasteiger partial charge on any atom is 0.164 e. The van der Waals surface area contributed by atoms with Crippen molar-refractivity contribution in [3.63, 3.8) is 0 Å². The van der Waals surface area contributed by atoms with E-state index in [1.165, 1.54) is 12.8 Å². The molecule has 0 aromatic rings. The smallest absolute Gasteiger partial charge is 0.164 e. The van der Waals surface area contributed by atoms with Crippen molar-refractivity contribution in [1.29, 1.82) is 0 Å². The highest BCUT2D eigenvalue weighted by atomic mass is 16.3. The van der Waals surface area contributed by atoms with Gasteiger partial charge in [0.15, 0.2) is 5.78 Å². The minimum Gasteiger partial charge on any atom is -0.385 e. The highest BCUT2D eigenvalue weighted by Gasteiger charge is 2.35. The van der Waals surface area contributed by atoms with Crippen molar-refractivity contribution in [3.05, 3.63) is 0 Å². The lowest BCUT2D eigenvalue weighted by atomic mass is 9.73. The number of carbonyl (C=O) groups is 1. The predicted octanol–water partition coefficient (Wildman–Crippen LogP) is 3.57. The molecule has 2 nitrogen and oxygen atoms in total. The van der Waals surface area contributed by atoms with Crippen LogP contribution in [0.15, 0.2) is 0 Å². The summed E-state index contributed by atoms with van der Waals surface area (Å²) in [7, 11) is 0. The molecule has 100 valence electrons. The zero-order valence-electron chi connectivity index (χ0n) is 11.6. The van der Waals surface area contributed by atoms with E-state index in [9.17, 15) is 9.90 Å². The molecule has 3 unspecified atom stereocenters. The van der Waals surface area contributed by atoms with Crippen LogP contribution in [0.4, 0.5) is 0 Å². The summed E-state index contributed by atoms with van der Waals surface area (Å²) in [4.78, 5) is 12.4. The number of aliphatic hydroxyl groups is 1. The normalized spacial score (nSPS) is 27.1. The van der Waals surface area contributed by atoms with Gasteiger partial charge in [0.2, 0.25) is 0 Å². The molecule has 1 fully saturated rings. The van der Waals surface area contributed by atoms with Gasteiger partial charge in [0, 0.05) is 5.92 Å². The summed E-state index contributed by atoms with van der Waals surface area (Å²) in [5.41, 5.74) is 0. The Hall–Kier alpha value is -0.370. The molecule has 0 radical (unpaired) electrons. The summed E-state index contributed by atoms with van der Waals surface area (Å²) >= 11 is 0. The summed E-state index contributed by atoms with van der Waals surface area (Å²) < 4.78 is 0. The summed E-state index contributed by atoms with van der Waals surface area (Å²) in [6, 6.07) is 0. The number of ketones is 1. The summed E-state index contributed by atoms with van der Waals surface area (Å²) in [5, 5.41) is 10.2. The molecule has 0 aliphatic heterocycles. The maximum atomic E-state index is 12.4. The van der Waals surface area contributed by atoms with Crippen LogP contribution in [0, 0.1) is 17.8 Å². The van der Waals surface area contributed by atoms with E-state index in [-0.39, 0.29) is 17.6 Å². The van der Waals surface area contributed by atoms with Gasteiger partial charge in [0.25, 0.3) is 0 Å². The zero-order valence-corrected chi connectivity index (χ0v) is 11.6. The third-order valence-corrected chi connectivity index (χ3v) is 4.59. The first-order valence-electron chi connectivity index (χ1n) is 7.37. The highest BCUT2D eigenvalue weighted by molar-refractivity contribution is 5.85. The number of carbonyl (C=O) groups excluding carboxylic acids is 1. The predicted molar refractivity (Wildman–Crippen MR) is 70.8 cm³/mol. The van der Waals surface area contributed by atoms with Crippen LogP contribution in [0.2, 0.25) is 0 Å². The third kappa shape index (κ3) is 3.54. The van der Waals surface area contributed by atoms with Crippen LogP contribution >= 0.6 is 0 Å². The average molecular weight is 240 g/mol. The lowest BCUT2D eigenvalue weighted by Crippen LogP contribution is -2.38. The first kappa shape index (κ1) is 14.7. The quantitative estimate of drug-likeness (QED) is 0.770. The Balaban J connectivity index is 2.66. The lowest BCUT2D eigenvalue weighted by molar-refractivity contribution is -0.137.